The van der Waals surface area contributed by atoms with Crippen LogP contribution in [-0.2, 0) is 23.5 Å². The van der Waals surface area contributed by atoms with Crippen LogP contribution in [0.2, 0.25) is 0 Å². The molecule has 0 aliphatic rings. The maximum atomic E-state index is 12.7. The van der Waals surface area contributed by atoms with E-state index in [4.69, 9.17) is 4.74 Å². The summed E-state index contributed by atoms with van der Waals surface area (Å²) in [7, 11) is -1.80. The fraction of sp³-hybridized carbons (Fsp3) is 0.444. The fourth-order valence-electron chi connectivity index (χ4n) is 2.99. The number of aromatic amines is 1. The highest BCUT2D eigenvalue weighted by Gasteiger charge is 2.19. The molecule has 0 unspecified atom stereocenters. The fourth-order valence-corrected chi connectivity index (χ4v) is 3.52. The minimum absolute atomic E-state index is 0.239. The smallest absolute Gasteiger partial charge is 0.277 e. The maximum Gasteiger partial charge on any atom is 0.277 e. The second-order valence-electron chi connectivity index (χ2n) is 6.73. The lowest BCUT2D eigenvalue weighted by Gasteiger charge is -2.12. The summed E-state index contributed by atoms with van der Waals surface area (Å²) in [4.78, 5) is 24.3. The van der Waals surface area contributed by atoms with Crippen molar-refractivity contribution in [2.45, 2.75) is 33.1 Å². The number of fused-ring (bicyclic) bond motifs is 1. The van der Waals surface area contributed by atoms with Gasteiger partial charge in [-0.05, 0) is 18.9 Å². The zero-order chi connectivity index (χ0) is 21.2. The summed E-state index contributed by atoms with van der Waals surface area (Å²) in [5, 5.41) is 4.41. The molecule has 0 atom stereocenters. The standard InChI is InChI=1S/C18H24N6O4S/c1-5-7-13-14-15(24(3)22-13)17(25)21-16(20-14)12-9-11(23-29(4,26)27)10-19-18(12)28-8-6-2/h9-10,23H,5-8H2,1-4H3,(H,20,21,25). The number of ether oxygens (including phenoxy) is 1. The summed E-state index contributed by atoms with van der Waals surface area (Å²) in [6.07, 6.45) is 4.71. The van der Waals surface area contributed by atoms with Crippen molar-refractivity contribution in [3.05, 3.63) is 28.3 Å². The van der Waals surface area contributed by atoms with Crippen LogP contribution in [0.5, 0.6) is 5.88 Å². The Morgan fingerprint density at radius 2 is 2.03 bits per heavy atom. The summed E-state index contributed by atoms with van der Waals surface area (Å²) in [5.74, 6) is 0.498. The van der Waals surface area contributed by atoms with Crippen LogP contribution in [0.25, 0.3) is 22.4 Å². The van der Waals surface area contributed by atoms with Crippen molar-refractivity contribution in [1.29, 1.82) is 0 Å². The minimum atomic E-state index is -3.50. The molecule has 3 aromatic rings. The van der Waals surface area contributed by atoms with Gasteiger partial charge in [0, 0.05) is 7.05 Å². The number of hydrogen-bond donors (Lipinski definition) is 2. The van der Waals surface area contributed by atoms with Gasteiger partial charge in [0.15, 0.2) is 5.52 Å². The number of nitrogens with zero attached hydrogens (tertiary/aromatic N) is 4. The normalized spacial score (nSPS) is 11.7. The molecule has 2 N–H and O–H groups in total. The van der Waals surface area contributed by atoms with E-state index in [1.54, 1.807) is 13.1 Å². The molecule has 0 saturated heterocycles. The Balaban J connectivity index is 2.21. The molecule has 0 saturated carbocycles. The van der Waals surface area contributed by atoms with Crippen molar-refractivity contribution in [3.8, 4) is 17.3 Å². The average molecular weight is 420 g/mol. The number of rotatable bonds is 8. The molecule has 156 valence electrons. The van der Waals surface area contributed by atoms with E-state index >= 15 is 0 Å². The Kier molecular flexibility index (Phi) is 5.87. The SMILES string of the molecule is CCCOc1ncc(NS(C)(=O)=O)cc1-c1nc2c(CCC)nn(C)c2c(=O)[nH]1. The minimum Gasteiger partial charge on any atom is -0.477 e. The monoisotopic (exact) mass is 420 g/mol. The second-order valence-corrected chi connectivity index (χ2v) is 8.48. The number of H-pyrrole nitrogens is 1. The highest BCUT2D eigenvalue weighted by Crippen LogP contribution is 2.29. The summed E-state index contributed by atoms with van der Waals surface area (Å²) in [5.41, 5.74) is 1.91. The van der Waals surface area contributed by atoms with Crippen LogP contribution in [0.1, 0.15) is 32.4 Å². The Morgan fingerprint density at radius 3 is 2.69 bits per heavy atom. The van der Waals surface area contributed by atoms with Gasteiger partial charge in [-0.25, -0.2) is 18.4 Å². The molecule has 3 rings (SSSR count). The Labute approximate surface area is 168 Å². The van der Waals surface area contributed by atoms with E-state index in [0.717, 1.165) is 24.8 Å². The topological polar surface area (TPSA) is 132 Å². The van der Waals surface area contributed by atoms with Crippen molar-refractivity contribution in [3.63, 3.8) is 0 Å². The van der Waals surface area contributed by atoms with Crippen molar-refractivity contribution < 1.29 is 13.2 Å². The van der Waals surface area contributed by atoms with E-state index in [2.05, 4.69) is 24.8 Å². The Bertz CT molecular complexity index is 1200. The zero-order valence-corrected chi connectivity index (χ0v) is 17.6. The van der Waals surface area contributed by atoms with Gasteiger partial charge in [-0.15, -0.1) is 0 Å². The highest BCUT2D eigenvalue weighted by molar-refractivity contribution is 7.92. The molecular formula is C18H24N6O4S. The van der Waals surface area contributed by atoms with Crippen molar-refractivity contribution in [2.75, 3.05) is 17.6 Å². The third kappa shape index (κ3) is 4.56. The first-order chi connectivity index (χ1) is 13.7. The lowest BCUT2D eigenvalue weighted by atomic mass is 10.2. The number of aromatic nitrogens is 5. The molecule has 3 aromatic heterocycles. The van der Waals surface area contributed by atoms with Gasteiger partial charge in [-0.2, -0.15) is 5.10 Å². The molecule has 0 aliphatic carbocycles. The van der Waals surface area contributed by atoms with Crippen LogP contribution >= 0.6 is 0 Å². The van der Waals surface area contributed by atoms with Gasteiger partial charge in [0.05, 0.1) is 36.0 Å². The molecule has 0 spiro atoms. The van der Waals surface area contributed by atoms with E-state index in [1.807, 2.05) is 13.8 Å². The van der Waals surface area contributed by atoms with Crippen LogP contribution < -0.4 is 15.0 Å². The van der Waals surface area contributed by atoms with Crippen molar-refractivity contribution in [2.24, 2.45) is 7.05 Å². The van der Waals surface area contributed by atoms with E-state index < -0.39 is 10.0 Å². The van der Waals surface area contributed by atoms with Gasteiger partial charge >= 0.3 is 0 Å². The van der Waals surface area contributed by atoms with Crippen LogP contribution in [0.3, 0.4) is 0 Å². The van der Waals surface area contributed by atoms with Crippen LogP contribution in [0, 0.1) is 0 Å². The molecule has 29 heavy (non-hydrogen) atoms. The van der Waals surface area contributed by atoms with Gasteiger partial charge in [0.25, 0.3) is 5.56 Å². The first-order valence-corrected chi connectivity index (χ1v) is 11.2. The third-order valence-corrected chi connectivity index (χ3v) is 4.71. The summed E-state index contributed by atoms with van der Waals surface area (Å²) >= 11 is 0. The molecule has 3 heterocycles. The maximum absolute atomic E-state index is 12.7. The molecular weight excluding hydrogens is 396 g/mol. The number of nitrogens with one attached hydrogen (secondary N) is 2. The molecule has 0 aliphatic heterocycles. The molecule has 0 bridgehead atoms. The van der Waals surface area contributed by atoms with Gasteiger partial charge < -0.3 is 9.72 Å². The summed E-state index contributed by atoms with van der Waals surface area (Å²) < 4.78 is 32.8. The lowest BCUT2D eigenvalue weighted by Crippen LogP contribution is -2.14. The molecule has 0 aromatic carbocycles. The number of aryl methyl sites for hydroxylation is 2. The third-order valence-electron chi connectivity index (χ3n) is 4.10. The Morgan fingerprint density at radius 1 is 1.28 bits per heavy atom. The first-order valence-electron chi connectivity index (χ1n) is 9.30. The highest BCUT2D eigenvalue weighted by atomic mass is 32.2. The number of hydrogen-bond acceptors (Lipinski definition) is 7. The molecule has 11 heteroatoms. The average Bonchev–Trinajstić information content (AvgIpc) is 2.95. The van der Waals surface area contributed by atoms with Gasteiger partial charge in [-0.3, -0.25) is 14.2 Å². The molecule has 0 amide bonds. The second kappa shape index (κ2) is 8.19. The zero-order valence-electron chi connectivity index (χ0n) is 16.8. The first kappa shape index (κ1) is 20.8. The van der Waals surface area contributed by atoms with E-state index in [1.165, 1.54) is 10.9 Å². The predicted octanol–water partition coefficient (Wildman–Crippen LogP) is 1.83. The summed E-state index contributed by atoms with van der Waals surface area (Å²) in [6, 6.07) is 1.54. The van der Waals surface area contributed by atoms with E-state index in [0.29, 0.717) is 29.6 Å². The molecule has 0 radical (unpaired) electrons. The van der Waals surface area contributed by atoms with Crippen LogP contribution in [0.4, 0.5) is 5.69 Å². The van der Waals surface area contributed by atoms with E-state index in [9.17, 15) is 13.2 Å². The Hall–Kier alpha value is -2.95. The van der Waals surface area contributed by atoms with Gasteiger partial charge in [-0.1, -0.05) is 20.3 Å². The lowest BCUT2D eigenvalue weighted by molar-refractivity contribution is 0.306. The molecule has 0 fully saturated rings. The van der Waals surface area contributed by atoms with Crippen LogP contribution in [0.15, 0.2) is 17.1 Å². The molecule has 10 nitrogen and oxygen atoms in total. The van der Waals surface area contributed by atoms with Crippen molar-refractivity contribution >= 4 is 26.7 Å². The number of sulfonamides is 1. The van der Waals surface area contributed by atoms with Gasteiger partial charge in [0.2, 0.25) is 15.9 Å². The van der Waals surface area contributed by atoms with Gasteiger partial charge in [0.1, 0.15) is 11.3 Å². The van der Waals surface area contributed by atoms with E-state index in [-0.39, 0.29) is 23.0 Å². The summed E-state index contributed by atoms with van der Waals surface area (Å²) in [6.45, 7) is 4.40. The van der Waals surface area contributed by atoms with Crippen molar-refractivity contribution in [1.82, 2.24) is 24.7 Å². The quantitative estimate of drug-likeness (QED) is 0.568. The number of pyridine rings is 1. The number of anilines is 1. The largest absolute Gasteiger partial charge is 0.477 e. The predicted molar refractivity (Wildman–Crippen MR) is 111 cm³/mol. The van der Waals surface area contributed by atoms with Crippen LogP contribution in [-0.4, -0.2) is 46.0 Å².